The number of hydrogen-bond acceptors (Lipinski definition) is 8. The summed E-state index contributed by atoms with van der Waals surface area (Å²) in [6.45, 7) is 9.19. The molecule has 0 aromatic heterocycles. The van der Waals surface area contributed by atoms with Crippen LogP contribution in [0.15, 0.2) is 91.0 Å². The first-order valence-corrected chi connectivity index (χ1v) is 16.8. The average molecular weight is 674 g/mol. The molecule has 3 atom stereocenters. The molecule has 2 aliphatic heterocycles. The minimum absolute atomic E-state index is 0.0633. The molecule has 2 heterocycles. The lowest BCUT2D eigenvalue weighted by molar-refractivity contribution is -0.141. The summed E-state index contributed by atoms with van der Waals surface area (Å²) in [5.41, 5.74) is 3.63. The van der Waals surface area contributed by atoms with E-state index in [1.807, 2.05) is 38.1 Å². The van der Waals surface area contributed by atoms with Crippen LogP contribution in [0.2, 0.25) is 0 Å². The molecule has 0 bridgehead atoms. The Bertz CT molecular complexity index is 1590. The first kappa shape index (κ1) is 36.1. The molecule has 10 heteroatoms. The van der Waals surface area contributed by atoms with Crippen LogP contribution in [0.4, 0.5) is 4.79 Å². The molecular formula is C39H47NO9. The highest BCUT2D eigenvalue weighted by atomic mass is 16.7. The van der Waals surface area contributed by atoms with E-state index in [1.54, 1.807) is 0 Å². The fourth-order valence-electron chi connectivity index (χ4n) is 6.00. The molecule has 0 saturated carbocycles. The molecule has 2 saturated heterocycles. The molecule has 0 amide bonds. The number of piperidine rings is 1. The molecule has 0 spiro atoms. The minimum atomic E-state index is -1.83. The van der Waals surface area contributed by atoms with Crippen LogP contribution in [0.1, 0.15) is 49.3 Å². The molecule has 262 valence electrons. The number of benzene rings is 4. The van der Waals surface area contributed by atoms with E-state index < -0.39 is 11.9 Å². The third kappa shape index (κ3) is 11.7. The van der Waals surface area contributed by atoms with Crippen molar-refractivity contribution >= 4 is 16.9 Å². The molecule has 2 fully saturated rings. The van der Waals surface area contributed by atoms with Gasteiger partial charge in [0.2, 0.25) is 0 Å². The predicted molar refractivity (Wildman–Crippen MR) is 186 cm³/mol. The van der Waals surface area contributed by atoms with E-state index in [-0.39, 0.29) is 12.2 Å². The standard InChI is InChI=1S/C38H45NO6.CH2O3/c1-38(2)44-27-35(45-38)26-42-34-16-11-30-10-9-29(21-32(30)22-34)25-43-37-23-39-18-17-36(37)31-12-14-33(15-13-31)41-20-6-19-40-24-28-7-4-3-5-8-28;2-1(3)4/h3-5,7-16,21-22,35-37,39H,6,17-20,23-27H2,1-2H3;(H2,2,3,4). The van der Waals surface area contributed by atoms with Crippen molar-refractivity contribution in [2.75, 3.05) is 39.5 Å². The highest BCUT2D eigenvalue weighted by Gasteiger charge is 2.33. The van der Waals surface area contributed by atoms with E-state index in [9.17, 15) is 0 Å². The molecule has 0 radical (unpaired) electrons. The summed E-state index contributed by atoms with van der Waals surface area (Å²) in [5, 5.41) is 19.8. The molecule has 10 nitrogen and oxygen atoms in total. The lowest BCUT2D eigenvalue weighted by Gasteiger charge is -2.32. The molecule has 4 aromatic rings. The van der Waals surface area contributed by atoms with Crippen LogP contribution in [0.25, 0.3) is 10.8 Å². The number of rotatable bonds is 14. The van der Waals surface area contributed by atoms with E-state index >= 15 is 0 Å². The quantitative estimate of drug-likeness (QED) is 0.118. The largest absolute Gasteiger partial charge is 0.503 e. The Balaban J connectivity index is 0.00000111. The van der Waals surface area contributed by atoms with Gasteiger partial charge in [0.15, 0.2) is 5.79 Å². The van der Waals surface area contributed by atoms with Gasteiger partial charge in [-0.25, -0.2) is 4.79 Å². The number of nitrogens with one attached hydrogen (secondary N) is 1. The summed E-state index contributed by atoms with van der Waals surface area (Å²) < 4.78 is 35.9. The third-order valence-electron chi connectivity index (χ3n) is 8.39. The van der Waals surface area contributed by atoms with Gasteiger partial charge >= 0.3 is 6.16 Å². The number of carbonyl (C=O) groups is 1. The van der Waals surface area contributed by atoms with E-state index in [2.05, 4.69) is 72.0 Å². The average Bonchev–Trinajstić information content (AvgIpc) is 3.46. The van der Waals surface area contributed by atoms with Crippen molar-refractivity contribution in [1.29, 1.82) is 0 Å². The number of fused-ring (bicyclic) bond motifs is 1. The summed E-state index contributed by atoms with van der Waals surface area (Å²) in [7, 11) is 0. The molecule has 6 rings (SSSR count). The molecule has 3 N–H and O–H groups in total. The second-order valence-electron chi connectivity index (χ2n) is 12.6. The Hall–Kier alpha value is -4.19. The van der Waals surface area contributed by atoms with E-state index in [0.29, 0.717) is 45.6 Å². The summed E-state index contributed by atoms with van der Waals surface area (Å²) in [6.07, 6.45) is 0.0856. The Morgan fingerprint density at radius 2 is 1.61 bits per heavy atom. The van der Waals surface area contributed by atoms with E-state index in [0.717, 1.165) is 48.4 Å². The Morgan fingerprint density at radius 1 is 0.857 bits per heavy atom. The minimum Gasteiger partial charge on any atom is -0.494 e. The fourth-order valence-corrected chi connectivity index (χ4v) is 6.00. The Morgan fingerprint density at radius 3 is 2.37 bits per heavy atom. The van der Waals surface area contributed by atoms with Crippen molar-refractivity contribution in [1.82, 2.24) is 5.32 Å². The highest BCUT2D eigenvalue weighted by Crippen LogP contribution is 2.31. The lowest BCUT2D eigenvalue weighted by Crippen LogP contribution is -2.40. The zero-order valence-electron chi connectivity index (χ0n) is 28.2. The summed E-state index contributed by atoms with van der Waals surface area (Å²) in [4.78, 5) is 8.56. The van der Waals surface area contributed by atoms with Gasteiger partial charge in [0, 0.05) is 18.9 Å². The first-order chi connectivity index (χ1) is 23.7. The Labute approximate surface area is 287 Å². The van der Waals surface area contributed by atoms with Gasteiger partial charge in [0.1, 0.15) is 24.2 Å². The van der Waals surface area contributed by atoms with Crippen molar-refractivity contribution in [3.8, 4) is 11.5 Å². The monoisotopic (exact) mass is 673 g/mol. The maximum Gasteiger partial charge on any atom is 0.503 e. The van der Waals surface area contributed by atoms with Crippen LogP contribution in [-0.4, -0.2) is 73.9 Å². The van der Waals surface area contributed by atoms with Gasteiger partial charge in [-0.3, -0.25) is 0 Å². The van der Waals surface area contributed by atoms with E-state index in [1.165, 1.54) is 16.5 Å². The Kier molecular flexibility index (Phi) is 13.3. The topological polar surface area (TPSA) is 125 Å². The molecule has 2 aliphatic rings. The van der Waals surface area contributed by atoms with Crippen molar-refractivity contribution in [3.05, 3.63) is 108 Å². The lowest BCUT2D eigenvalue weighted by atomic mass is 9.87. The van der Waals surface area contributed by atoms with Gasteiger partial charge in [-0.15, -0.1) is 0 Å². The number of carboxylic acid groups (broad SMARTS) is 2. The highest BCUT2D eigenvalue weighted by molar-refractivity contribution is 5.84. The zero-order chi connectivity index (χ0) is 34.5. The van der Waals surface area contributed by atoms with Crippen LogP contribution < -0.4 is 14.8 Å². The number of hydrogen-bond donors (Lipinski definition) is 3. The van der Waals surface area contributed by atoms with Crippen LogP contribution in [0.5, 0.6) is 11.5 Å². The second-order valence-corrected chi connectivity index (χ2v) is 12.6. The predicted octanol–water partition coefficient (Wildman–Crippen LogP) is 7.24. The summed E-state index contributed by atoms with van der Waals surface area (Å²) in [6, 6.07) is 31.5. The van der Waals surface area contributed by atoms with Crippen molar-refractivity contribution in [2.24, 2.45) is 0 Å². The van der Waals surface area contributed by atoms with Gasteiger partial charge in [-0.05, 0) is 84.6 Å². The van der Waals surface area contributed by atoms with Crippen molar-refractivity contribution in [3.63, 3.8) is 0 Å². The van der Waals surface area contributed by atoms with E-state index in [4.69, 9.17) is 43.4 Å². The van der Waals surface area contributed by atoms with Crippen LogP contribution in [0.3, 0.4) is 0 Å². The smallest absolute Gasteiger partial charge is 0.494 e. The number of ether oxygens (including phenoxy) is 6. The second kappa shape index (κ2) is 18.0. The van der Waals surface area contributed by atoms with Gasteiger partial charge in [0.05, 0.1) is 39.1 Å². The van der Waals surface area contributed by atoms with Gasteiger partial charge in [-0.2, -0.15) is 0 Å². The fraction of sp³-hybridized carbons (Fsp3) is 0.410. The van der Waals surface area contributed by atoms with Gasteiger partial charge < -0.3 is 44.0 Å². The van der Waals surface area contributed by atoms with Gasteiger partial charge in [0.25, 0.3) is 0 Å². The zero-order valence-corrected chi connectivity index (χ0v) is 28.2. The maximum atomic E-state index is 8.56. The SMILES string of the molecule is CC1(C)OCC(COc2ccc3ccc(COC4CNCCC4c4ccc(OCCCOCc5ccccc5)cc4)cc3c2)O1.O=C(O)O. The van der Waals surface area contributed by atoms with Crippen LogP contribution >= 0.6 is 0 Å². The van der Waals surface area contributed by atoms with Crippen LogP contribution in [0, 0.1) is 0 Å². The van der Waals surface area contributed by atoms with Crippen molar-refractivity contribution in [2.45, 2.75) is 63.8 Å². The van der Waals surface area contributed by atoms with Crippen molar-refractivity contribution < 1.29 is 43.4 Å². The molecule has 3 unspecified atom stereocenters. The molecule has 49 heavy (non-hydrogen) atoms. The molecular weight excluding hydrogens is 626 g/mol. The summed E-state index contributed by atoms with van der Waals surface area (Å²) in [5.74, 6) is 1.50. The third-order valence-corrected chi connectivity index (χ3v) is 8.39. The molecule has 0 aliphatic carbocycles. The van der Waals surface area contributed by atoms with Crippen LogP contribution in [-0.2, 0) is 32.2 Å². The summed E-state index contributed by atoms with van der Waals surface area (Å²) >= 11 is 0. The normalized spacial score (nSPS) is 19.9. The molecule has 4 aromatic carbocycles. The first-order valence-electron chi connectivity index (χ1n) is 16.8. The van der Waals surface area contributed by atoms with Gasteiger partial charge in [-0.1, -0.05) is 60.7 Å². The maximum absolute atomic E-state index is 8.56.